The number of carbonyl (C=O) groups is 1. The van der Waals surface area contributed by atoms with Gasteiger partial charge in [0.2, 0.25) is 5.91 Å². The monoisotopic (exact) mass is 336 g/mol. The number of pyridine rings is 1. The molecule has 0 unspecified atom stereocenters. The first-order valence-electron chi connectivity index (χ1n) is 9.13. The summed E-state index contributed by atoms with van der Waals surface area (Å²) in [6.07, 6.45) is 8.26. The van der Waals surface area contributed by atoms with Crippen LogP contribution >= 0.6 is 0 Å². The number of carbonyl (C=O) groups excluding carboxylic acids is 1. The summed E-state index contributed by atoms with van der Waals surface area (Å²) in [6, 6.07) is 12.9. The van der Waals surface area contributed by atoms with E-state index in [0.29, 0.717) is 19.3 Å². The fraction of sp³-hybridized carbons (Fsp3) is 0.429. The van der Waals surface area contributed by atoms with Crippen molar-refractivity contribution >= 4 is 5.91 Å². The Morgan fingerprint density at radius 3 is 2.68 bits per heavy atom. The summed E-state index contributed by atoms with van der Waals surface area (Å²) < 4.78 is 5.54. The third-order valence-electron chi connectivity index (χ3n) is 5.31. The quantitative estimate of drug-likeness (QED) is 0.911. The molecule has 2 heterocycles. The smallest absolute Gasteiger partial charge is 0.226 e. The van der Waals surface area contributed by atoms with Crippen molar-refractivity contribution in [1.29, 1.82) is 0 Å². The van der Waals surface area contributed by atoms with E-state index >= 15 is 0 Å². The van der Waals surface area contributed by atoms with E-state index in [1.54, 1.807) is 6.20 Å². The van der Waals surface area contributed by atoms with Crippen molar-refractivity contribution in [2.75, 3.05) is 13.2 Å². The minimum Gasteiger partial charge on any atom is -0.381 e. The van der Waals surface area contributed by atoms with Gasteiger partial charge in [-0.25, -0.2) is 0 Å². The van der Waals surface area contributed by atoms with Crippen molar-refractivity contribution in [3.63, 3.8) is 0 Å². The van der Waals surface area contributed by atoms with Crippen LogP contribution in [0.25, 0.3) is 11.1 Å². The second-order valence-electron chi connectivity index (χ2n) is 7.26. The normalized spacial score (nSPS) is 19.4. The molecule has 2 aromatic rings. The van der Waals surface area contributed by atoms with Crippen LogP contribution in [-0.2, 0) is 16.0 Å². The van der Waals surface area contributed by atoms with Crippen molar-refractivity contribution in [3.05, 3.63) is 54.4 Å². The number of hydrogen-bond acceptors (Lipinski definition) is 3. The summed E-state index contributed by atoms with van der Waals surface area (Å²) in [7, 11) is 0. The van der Waals surface area contributed by atoms with Crippen LogP contribution in [-0.4, -0.2) is 30.1 Å². The van der Waals surface area contributed by atoms with E-state index in [4.69, 9.17) is 4.74 Å². The third-order valence-corrected chi connectivity index (χ3v) is 5.31. The highest BCUT2D eigenvalue weighted by atomic mass is 16.5. The lowest BCUT2D eigenvalue weighted by Crippen LogP contribution is -2.46. The molecule has 25 heavy (non-hydrogen) atoms. The number of benzene rings is 1. The number of amides is 1. The topological polar surface area (TPSA) is 51.2 Å². The minimum absolute atomic E-state index is 0.213. The number of nitrogens with one attached hydrogen (secondary N) is 1. The van der Waals surface area contributed by atoms with Crippen LogP contribution in [0.1, 0.15) is 31.2 Å². The number of ether oxygens (including phenoxy) is 1. The summed E-state index contributed by atoms with van der Waals surface area (Å²) in [5.41, 5.74) is 3.12. The molecule has 2 fully saturated rings. The van der Waals surface area contributed by atoms with Gasteiger partial charge in [-0.1, -0.05) is 30.3 Å². The number of rotatable bonds is 5. The molecule has 1 amide bonds. The van der Waals surface area contributed by atoms with Crippen LogP contribution in [0.5, 0.6) is 0 Å². The summed E-state index contributed by atoms with van der Waals surface area (Å²) in [5, 5.41) is 3.23. The Hall–Kier alpha value is -2.20. The van der Waals surface area contributed by atoms with E-state index in [0.717, 1.165) is 43.2 Å². The van der Waals surface area contributed by atoms with Crippen LogP contribution < -0.4 is 5.32 Å². The highest BCUT2D eigenvalue weighted by molar-refractivity contribution is 5.83. The fourth-order valence-electron chi connectivity index (χ4n) is 3.60. The molecule has 1 aromatic heterocycles. The number of hydrogen-bond donors (Lipinski definition) is 1. The van der Waals surface area contributed by atoms with Crippen LogP contribution in [0.3, 0.4) is 0 Å². The highest BCUT2D eigenvalue weighted by Gasteiger charge is 2.42. The molecule has 1 aliphatic carbocycles. The Balaban J connectivity index is 1.58. The van der Waals surface area contributed by atoms with Crippen molar-refractivity contribution in [2.24, 2.45) is 5.41 Å². The molecular formula is C21H24N2O2. The van der Waals surface area contributed by atoms with Crippen molar-refractivity contribution < 1.29 is 9.53 Å². The van der Waals surface area contributed by atoms with Gasteiger partial charge in [0, 0.05) is 31.6 Å². The van der Waals surface area contributed by atoms with E-state index in [1.165, 1.54) is 5.56 Å². The van der Waals surface area contributed by atoms with E-state index in [2.05, 4.69) is 40.6 Å². The molecule has 4 heteroatoms. The zero-order valence-electron chi connectivity index (χ0n) is 14.4. The Bertz CT molecular complexity index is 735. The zero-order valence-corrected chi connectivity index (χ0v) is 14.4. The molecule has 1 N–H and O–H groups in total. The molecule has 1 saturated carbocycles. The lowest BCUT2D eigenvalue weighted by molar-refractivity contribution is -0.136. The molecule has 1 aromatic carbocycles. The largest absolute Gasteiger partial charge is 0.381 e. The number of aromatic nitrogens is 1. The van der Waals surface area contributed by atoms with Gasteiger partial charge < -0.3 is 10.1 Å². The van der Waals surface area contributed by atoms with Gasteiger partial charge in [-0.05, 0) is 54.9 Å². The molecule has 0 bridgehead atoms. The number of nitrogens with zero attached hydrogens (tertiary/aromatic N) is 1. The van der Waals surface area contributed by atoms with Gasteiger partial charge in [-0.15, -0.1) is 0 Å². The molecule has 4 rings (SSSR count). The second-order valence-corrected chi connectivity index (χ2v) is 7.26. The SMILES string of the molecule is O=C(NC1CC1)C1(Cc2cccc(-c3cccnc3)c2)CCOCC1. The van der Waals surface area contributed by atoms with Crippen LogP contribution in [0.4, 0.5) is 0 Å². The first-order chi connectivity index (χ1) is 12.3. The van der Waals surface area contributed by atoms with Gasteiger partial charge >= 0.3 is 0 Å². The standard InChI is InChI=1S/C21H24N2O2/c24-20(23-19-6-7-19)21(8-11-25-12-9-21)14-16-3-1-4-17(13-16)18-5-2-10-22-15-18/h1-5,10,13,15,19H,6-9,11-12,14H2,(H,23,24). The van der Waals surface area contributed by atoms with Gasteiger partial charge in [0.15, 0.2) is 0 Å². The fourth-order valence-corrected chi connectivity index (χ4v) is 3.60. The van der Waals surface area contributed by atoms with Gasteiger partial charge in [0.05, 0.1) is 5.41 Å². The maximum absolute atomic E-state index is 13.0. The Kier molecular flexibility index (Phi) is 4.53. The second kappa shape index (κ2) is 6.96. The molecule has 2 aliphatic rings. The summed E-state index contributed by atoms with van der Waals surface area (Å²) in [4.78, 5) is 17.2. The predicted molar refractivity (Wildman–Crippen MR) is 97.0 cm³/mol. The molecule has 0 atom stereocenters. The molecule has 1 saturated heterocycles. The molecule has 0 radical (unpaired) electrons. The lowest BCUT2D eigenvalue weighted by atomic mass is 9.74. The van der Waals surface area contributed by atoms with Crippen molar-refractivity contribution in [3.8, 4) is 11.1 Å². The van der Waals surface area contributed by atoms with Crippen LogP contribution in [0.15, 0.2) is 48.8 Å². The van der Waals surface area contributed by atoms with E-state index in [9.17, 15) is 4.79 Å². The maximum atomic E-state index is 13.0. The maximum Gasteiger partial charge on any atom is 0.226 e. The van der Waals surface area contributed by atoms with Gasteiger partial charge in [0.1, 0.15) is 0 Å². The van der Waals surface area contributed by atoms with E-state index in [1.807, 2.05) is 12.3 Å². The summed E-state index contributed by atoms with van der Waals surface area (Å²) in [5.74, 6) is 0.213. The van der Waals surface area contributed by atoms with Crippen LogP contribution in [0.2, 0.25) is 0 Å². The summed E-state index contributed by atoms with van der Waals surface area (Å²) in [6.45, 7) is 1.33. The Labute approximate surface area is 148 Å². The first kappa shape index (κ1) is 16.3. The van der Waals surface area contributed by atoms with Crippen LogP contribution in [0, 0.1) is 5.41 Å². The molecule has 0 spiro atoms. The Morgan fingerprint density at radius 2 is 1.96 bits per heavy atom. The lowest BCUT2D eigenvalue weighted by Gasteiger charge is -2.36. The molecule has 1 aliphatic heterocycles. The van der Waals surface area contributed by atoms with Gasteiger partial charge in [-0.2, -0.15) is 0 Å². The third kappa shape index (κ3) is 3.74. The first-order valence-corrected chi connectivity index (χ1v) is 9.13. The van der Waals surface area contributed by atoms with E-state index < -0.39 is 0 Å². The van der Waals surface area contributed by atoms with Crippen molar-refractivity contribution in [1.82, 2.24) is 10.3 Å². The Morgan fingerprint density at radius 1 is 1.16 bits per heavy atom. The van der Waals surface area contributed by atoms with Gasteiger partial charge in [0.25, 0.3) is 0 Å². The van der Waals surface area contributed by atoms with Crippen molar-refractivity contribution in [2.45, 2.75) is 38.1 Å². The predicted octanol–water partition coefficient (Wildman–Crippen LogP) is 3.37. The molecule has 4 nitrogen and oxygen atoms in total. The molecular weight excluding hydrogens is 312 g/mol. The average Bonchev–Trinajstić information content (AvgIpc) is 3.47. The highest BCUT2D eigenvalue weighted by Crippen LogP contribution is 2.36. The average molecular weight is 336 g/mol. The summed E-state index contributed by atoms with van der Waals surface area (Å²) >= 11 is 0. The van der Waals surface area contributed by atoms with E-state index in [-0.39, 0.29) is 11.3 Å². The molecule has 130 valence electrons. The zero-order chi connectivity index (χ0) is 17.1. The minimum atomic E-state index is -0.339. The van der Waals surface area contributed by atoms with Gasteiger partial charge in [-0.3, -0.25) is 9.78 Å².